The van der Waals surface area contributed by atoms with E-state index in [4.69, 9.17) is 5.14 Å². The molecule has 1 heterocycles. The van der Waals surface area contributed by atoms with Gasteiger partial charge < -0.3 is 4.74 Å². The summed E-state index contributed by atoms with van der Waals surface area (Å²) in [6.45, 7) is 1.76. The Balaban J connectivity index is 3.08. The summed E-state index contributed by atoms with van der Waals surface area (Å²) >= 11 is 0.895. The Kier molecular flexibility index (Phi) is 3.21. The molecule has 0 fully saturated rings. The highest BCUT2D eigenvalue weighted by Gasteiger charge is 2.09. The number of methoxy groups -OCH3 is 1. The first-order chi connectivity index (χ1) is 6.17. The predicted octanol–water partition coefficient (Wildman–Crippen LogP) is 0.537. The number of esters is 1. The Bertz CT molecular complexity index is 330. The number of ether oxygens (including phenoxy) is 1. The third kappa shape index (κ3) is 2.40. The number of carbonyl (C=O) groups excluding carboxylic acids is 1. The lowest BCUT2D eigenvalue weighted by Crippen LogP contribution is -2.07. The van der Waals surface area contributed by atoms with Crippen molar-refractivity contribution in [1.29, 1.82) is 0 Å². The molecular weight excluding hydrogens is 190 g/mol. The standard InChI is InChI=1S/C7H9N3O2S/c1-4-3-5(6(11)12-2)10-7(9-4)13-8/h3H,8H2,1-2H3. The highest BCUT2D eigenvalue weighted by Crippen LogP contribution is 2.08. The molecule has 0 aliphatic heterocycles. The van der Waals surface area contributed by atoms with E-state index < -0.39 is 5.97 Å². The zero-order chi connectivity index (χ0) is 9.84. The van der Waals surface area contributed by atoms with Gasteiger partial charge in [-0.25, -0.2) is 14.8 Å². The fourth-order valence-electron chi connectivity index (χ4n) is 0.803. The first-order valence-corrected chi connectivity index (χ1v) is 4.36. The molecule has 2 N–H and O–H groups in total. The van der Waals surface area contributed by atoms with Crippen LogP contribution in [0.2, 0.25) is 0 Å². The van der Waals surface area contributed by atoms with Crippen molar-refractivity contribution in [1.82, 2.24) is 9.97 Å². The van der Waals surface area contributed by atoms with E-state index in [1.807, 2.05) is 0 Å². The van der Waals surface area contributed by atoms with Gasteiger partial charge in [0.2, 0.25) is 5.16 Å². The smallest absolute Gasteiger partial charge is 0.356 e. The van der Waals surface area contributed by atoms with Crippen molar-refractivity contribution in [3.05, 3.63) is 17.5 Å². The van der Waals surface area contributed by atoms with Crippen LogP contribution in [0.3, 0.4) is 0 Å². The second kappa shape index (κ2) is 4.20. The van der Waals surface area contributed by atoms with Crippen molar-refractivity contribution in [2.45, 2.75) is 12.1 Å². The maximum absolute atomic E-state index is 11.1. The predicted molar refractivity (Wildman–Crippen MR) is 48.2 cm³/mol. The molecule has 0 aromatic carbocycles. The van der Waals surface area contributed by atoms with Gasteiger partial charge in [-0.05, 0) is 24.9 Å². The fraction of sp³-hybridized carbons (Fsp3) is 0.286. The molecule has 0 atom stereocenters. The van der Waals surface area contributed by atoms with Crippen molar-refractivity contribution in [2.24, 2.45) is 5.14 Å². The van der Waals surface area contributed by atoms with E-state index in [9.17, 15) is 4.79 Å². The van der Waals surface area contributed by atoms with Gasteiger partial charge in [-0.1, -0.05) is 0 Å². The van der Waals surface area contributed by atoms with Gasteiger partial charge in [0.1, 0.15) is 0 Å². The van der Waals surface area contributed by atoms with E-state index >= 15 is 0 Å². The molecule has 0 aliphatic carbocycles. The number of rotatable bonds is 2. The molecule has 13 heavy (non-hydrogen) atoms. The Labute approximate surface area is 79.8 Å². The molecule has 5 nitrogen and oxygen atoms in total. The lowest BCUT2D eigenvalue weighted by molar-refractivity contribution is 0.0592. The minimum atomic E-state index is -0.485. The Morgan fingerprint density at radius 1 is 1.62 bits per heavy atom. The second-order valence-electron chi connectivity index (χ2n) is 2.29. The molecule has 0 saturated carbocycles. The first-order valence-electron chi connectivity index (χ1n) is 3.48. The lowest BCUT2D eigenvalue weighted by atomic mass is 10.3. The minimum absolute atomic E-state index is 0.225. The van der Waals surface area contributed by atoms with Crippen molar-refractivity contribution in [3.63, 3.8) is 0 Å². The van der Waals surface area contributed by atoms with E-state index in [1.54, 1.807) is 13.0 Å². The van der Waals surface area contributed by atoms with Crippen LogP contribution >= 0.6 is 11.9 Å². The van der Waals surface area contributed by atoms with Crippen LogP contribution in [0.15, 0.2) is 11.2 Å². The molecular formula is C7H9N3O2S. The lowest BCUT2D eigenvalue weighted by Gasteiger charge is -2.01. The molecule has 0 bridgehead atoms. The third-order valence-corrected chi connectivity index (χ3v) is 1.73. The second-order valence-corrected chi connectivity index (χ2v) is 2.89. The van der Waals surface area contributed by atoms with Crippen LogP contribution < -0.4 is 5.14 Å². The largest absolute Gasteiger partial charge is 0.464 e. The van der Waals surface area contributed by atoms with Crippen LogP contribution in [0.1, 0.15) is 16.2 Å². The molecule has 70 valence electrons. The third-order valence-electron chi connectivity index (χ3n) is 1.33. The van der Waals surface area contributed by atoms with Crippen LogP contribution in [-0.4, -0.2) is 23.0 Å². The van der Waals surface area contributed by atoms with Gasteiger partial charge in [0.25, 0.3) is 0 Å². The number of aryl methyl sites for hydroxylation is 1. The normalized spacial score (nSPS) is 9.77. The van der Waals surface area contributed by atoms with Gasteiger partial charge in [0, 0.05) is 5.69 Å². The molecule has 1 aromatic heterocycles. The van der Waals surface area contributed by atoms with E-state index in [0.29, 0.717) is 10.9 Å². The van der Waals surface area contributed by atoms with Gasteiger partial charge >= 0.3 is 5.97 Å². The zero-order valence-electron chi connectivity index (χ0n) is 7.27. The van der Waals surface area contributed by atoms with E-state index in [2.05, 4.69) is 14.7 Å². The van der Waals surface area contributed by atoms with Gasteiger partial charge in [0.15, 0.2) is 5.69 Å². The van der Waals surface area contributed by atoms with Crippen molar-refractivity contribution in [3.8, 4) is 0 Å². The molecule has 6 heteroatoms. The molecule has 1 aromatic rings. The van der Waals surface area contributed by atoms with Crippen molar-refractivity contribution >= 4 is 17.9 Å². The summed E-state index contributed by atoms with van der Waals surface area (Å²) in [7, 11) is 1.30. The minimum Gasteiger partial charge on any atom is -0.464 e. The van der Waals surface area contributed by atoms with Crippen LogP contribution in [0.4, 0.5) is 0 Å². The highest BCUT2D eigenvalue weighted by molar-refractivity contribution is 7.96. The summed E-state index contributed by atoms with van der Waals surface area (Å²) < 4.78 is 4.51. The summed E-state index contributed by atoms with van der Waals surface area (Å²) in [5.74, 6) is -0.485. The summed E-state index contributed by atoms with van der Waals surface area (Å²) in [4.78, 5) is 18.9. The fourth-order valence-corrected chi connectivity index (χ4v) is 1.15. The molecule has 0 radical (unpaired) electrons. The highest BCUT2D eigenvalue weighted by atomic mass is 32.2. The SMILES string of the molecule is COC(=O)c1cc(C)nc(SN)n1. The van der Waals surface area contributed by atoms with Crippen LogP contribution in [0.5, 0.6) is 0 Å². The zero-order valence-corrected chi connectivity index (χ0v) is 8.09. The van der Waals surface area contributed by atoms with E-state index in [-0.39, 0.29) is 5.69 Å². The molecule has 0 saturated heterocycles. The number of aromatic nitrogens is 2. The number of hydrogen-bond acceptors (Lipinski definition) is 6. The maximum Gasteiger partial charge on any atom is 0.356 e. The molecule has 0 aliphatic rings. The van der Waals surface area contributed by atoms with Crippen LogP contribution in [0, 0.1) is 6.92 Å². The van der Waals surface area contributed by atoms with E-state index in [0.717, 1.165) is 11.9 Å². The van der Waals surface area contributed by atoms with Crippen LogP contribution in [0.25, 0.3) is 0 Å². The summed E-state index contributed by atoms with van der Waals surface area (Å²) in [6, 6.07) is 1.55. The number of nitrogens with two attached hydrogens (primary N) is 1. The van der Waals surface area contributed by atoms with Crippen molar-refractivity contribution in [2.75, 3.05) is 7.11 Å². The van der Waals surface area contributed by atoms with Gasteiger partial charge in [0.05, 0.1) is 7.11 Å². The van der Waals surface area contributed by atoms with Crippen molar-refractivity contribution < 1.29 is 9.53 Å². The summed E-state index contributed by atoms with van der Waals surface area (Å²) in [5.41, 5.74) is 0.909. The average molecular weight is 199 g/mol. The number of hydrogen-bond donors (Lipinski definition) is 1. The maximum atomic E-state index is 11.1. The Hall–Kier alpha value is -1.14. The van der Waals surface area contributed by atoms with Crippen LogP contribution in [-0.2, 0) is 4.74 Å². The first kappa shape index (κ1) is 9.94. The quantitative estimate of drug-likeness (QED) is 0.425. The molecule has 0 unspecified atom stereocenters. The Morgan fingerprint density at radius 3 is 2.85 bits per heavy atom. The van der Waals surface area contributed by atoms with Gasteiger partial charge in [-0.2, -0.15) is 0 Å². The monoisotopic (exact) mass is 199 g/mol. The molecule has 0 amide bonds. The molecule has 1 rings (SSSR count). The number of carbonyl (C=O) groups is 1. The number of nitrogens with zero attached hydrogens (tertiary/aromatic N) is 2. The summed E-state index contributed by atoms with van der Waals surface area (Å²) in [6.07, 6.45) is 0. The van der Waals surface area contributed by atoms with Gasteiger partial charge in [-0.3, -0.25) is 5.14 Å². The molecule has 0 spiro atoms. The Morgan fingerprint density at radius 2 is 2.31 bits per heavy atom. The average Bonchev–Trinajstić information content (AvgIpc) is 2.15. The topological polar surface area (TPSA) is 78.1 Å². The van der Waals surface area contributed by atoms with E-state index in [1.165, 1.54) is 7.11 Å². The van der Waals surface area contributed by atoms with Gasteiger partial charge in [-0.15, -0.1) is 0 Å². The summed E-state index contributed by atoms with van der Waals surface area (Å²) in [5, 5.41) is 5.63.